The van der Waals surface area contributed by atoms with Gasteiger partial charge in [0, 0.05) is 0 Å². The average molecular weight is 374 g/mol. The summed E-state index contributed by atoms with van der Waals surface area (Å²) in [6.07, 6.45) is 1.64. The maximum absolute atomic E-state index is 11.7. The van der Waals surface area contributed by atoms with Crippen LogP contribution in [0.3, 0.4) is 0 Å². The second kappa shape index (κ2) is 9.42. The second-order valence-corrected chi connectivity index (χ2v) is 6.14. The lowest BCUT2D eigenvalue weighted by molar-refractivity contribution is -0.130. The molecule has 3 aromatic carbocycles. The van der Waals surface area contributed by atoms with E-state index in [-0.39, 0.29) is 5.57 Å². The number of carboxylic acids is 1. The van der Waals surface area contributed by atoms with Gasteiger partial charge in [-0.3, -0.25) is 0 Å². The maximum Gasteiger partial charge on any atom is 0.336 e. The Morgan fingerprint density at radius 3 is 2.21 bits per heavy atom. The van der Waals surface area contributed by atoms with Crippen LogP contribution in [0, 0.1) is 0 Å². The minimum absolute atomic E-state index is 0.223. The zero-order chi connectivity index (χ0) is 19.8. The molecule has 3 rings (SSSR count). The Morgan fingerprint density at radius 1 is 0.893 bits per heavy atom. The molecule has 0 fully saturated rings. The number of rotatable bonds is 8. The van der Waals surface area contributed by atoms with Crippen molar-refractivity contribution in [2.75, 3.05) is 6.61 Å². The van der Waals surface area contributed by atoms with Gasteiger partial charge in [-0.1, -0.05) is 66.7 Å². The Bertz CT molecular complexity index is 947. The zero-order valence-electron chi connectivity index (χ0n) is 15.7. The third-order valence-electron chi connectivity index (χ3n) is 4.13. The summed E-state index contributed by atoms with van der Waals surface area (Å²) in [5.74, 6) is 0.234. The lowest BCUT2D eigenvalue weighted by Crippen LogP contribution is -2.01. The standard InChI is InChI=1S/C24H22O4/c1-2-27-23-16-19(15-21(24(25)26)20-11-7-4-8-12-20)13-14-22(23)28-17-18-9-5-3-6-10-18/h3-16H,2,17H2,1H3,(H,25,26)/b21-15-. The van der Waals surface area contributed by atoms with Crippen LogP contribution in [-0.2, 0) is 11.4 Å². The van der Waals surface area contributed by atoms with Gasteiger partial charge in [0.25, 0.3) is 0 Å². The first-order valence-corrected chi connectivity index (χ1v) is 9.11. The van der Waals surface area contributed by atoms with Crippen molar-refractivity contribution >= 4 is 17.6 Å². The Kier molecular flexibility index (Phi) is 6.47. The number of carboxylic acid groups (broad SMARTS) is 1. The van der Waals surface area contributed by atoms with Crippen LogP contribution in [0.2, 0.25) is 0 Å². The summed E-state index contributed by atoms with van der Waals surface area (Å²) in [4.78, 5) is 11.7. The van der Waals surface area contributed by atoms with E-state index < -0.39 is 5.97 Å². The number of ether oxygens (including phenoxy) is 2. The Morgan fingerprint density at radius 2 is 1.57 bits per heavy atom. The van der Waals surface area contributed by atoms with Gasteiger partial charge < -0.3 is 14.6 Å². The van der Waals surface area contributed by atoms with E-state index in [0.29, 0.717) is 30.3 Å². The van der Waals surface area contributed by atoms with E-state index in [2.05, 4.69) is 0 Å². The van der Waals surface area contributed by atoms with E-state index in [9.17, 15) is 9.90 Å². The van der Waals surface area contributed by atoms with Gasteiger partial charge in [0.1, 0.15) is 6.61 Å². The van der Waals surface area contributed by atoms with E-state index in [1.165, 1.54) is 0 Å². The van der Waals surface area contributed by atoms with Crippen molar-refractivity contribution in [3.8, 4) is 11.5 Å². The zero-order valence-corrected chi connectivity index (χ0v) is 15.7. The van der Waals surface area contributed by atoms with E-state index in [0.717, 1.165) is 11.1 Å². The summed E-state index contributed by atoms with van der Waals surface area (Å²) in [7, 11) is 0. The van der Waals surface area contributed by atoms with Gasteiger partial charge in [-0.05, 0) is 41.8 Å². The van der Waals surface area contributed by atoms with Gasteiger partial charge in [-0.15, -0.1) is 0 Å². The molecule has 0 aliphatic carbocycles. The summed E-state index contributed by atoms with van der Waals surface area (Å²) in [6.45, 7) is 2.82. The molecule has 0 spiro atoms. The quantitative estimate of drug-likeness (QED) is 0.430. The molecule has 0 unspecified atom stereocenters. The minimum atomic E-state index is -0.978. The average Bonchev–Trinajstić information content (AvgIpc) is 2.73. The highest BCUT2D eigenvalue weighted by molar-refractivity contribution is 6.20. The highest BCUT2D eigenvalue weighted by Gasteiger charge is 2.12. The van der Waals surface area contributed by atoms with E-state index >= 15 is 0 Å². The molecule has 0 aromatic heterocycles. The highest BCUT2D eigenvalue weighted by Crippen LogP contribution is 2.31. The second-order valence-electron chi connectivity index (χ2n) is 6.14. The van der Waals surface area contributed by atoms with Crippen LogP contribution in [0.25, 0.3) is 11.6 Å². The smallest absolute Gasteiger partial charge is 0.336 e. The van der Waals surface area contributed by atoms with Crippen molar-refractivity contribution in [3.05, 3.63) is 95.6 Å². The highest BCUT2D eigenvalue weighted by atomic mass is 16.5. The normalized spacial score (nSPS) is 11.1. The summed E-state index contributed by atoms with van der Waals surface area (Å²) in [6, 6.07) is 24.4. The lowest BCUT2D eigenvalue weighted by Gasteiger charge is -2.13. The van der Waals surface area contributed by atoms with Crippen LogP contribution in [0.4, 0.5) is 0 Å². The van der Waals surface area contributed by atoms with Gasteiger partial charge in [-0.25, -0.2) is 4.79 Å². The summed E-state index contributed by atoms with van der Waals surface area (Å²) in [5, 5.41) is 9.60. The molecule has 0 heterocycles. The maximum atomic E-state index is 11.7. The molecular formula is C24H22O4. The molecule has 142 valence electrons. The molecule has 0 atom stereocenters. The SMILES string of the molecule is CCOc1cc(/C=C(\C(=O)O)c2ccccc2)ccc1OCc1ccccc1. The number of hydrogen-bond acceptors (Lipinski definition) is 3. The van der Waals surface area contributed by atoms with Crippen molar-refractivity contribution in [1.82, 2.24) is 0 Å². The molecule has 3 aromatic rings. The summed E-state index contributed by atoms with van der Waals surface area (Å²) < 4.78 is 11.6. The Labute approximate surface area is 164 Å². The van der Waals surface area contributed by atoms with Gasteiger partial charge in [0.15, 0.2) is 11.5 Å². The van der Waals surface area contributed by atoms with Gasteiger partial charge in [0.2, 0.25) is 0 Å². The van der Waals surface area contributed by atoms with Crippen molar-refractivity contribution in [3.63, 3.8) is 0 Å². The molecular weight excluding hydrogens is 352 g/mol. The van der Waals surface area contributed by atoms with Crippen LogP contribution >= 0.6 is 0 Å². The molecule has 4 nitrogen and oxygen atoms in total. The molecule has 0 aliphatic rings. The van der Waals surface area contributed by atoms with Crippen LogP contribution in [-0.4, -0.2) is 17.7 Å². The van der Waals surface area contributed by atoms with Crippen molar-refractivity contribution in [2.24, 2.45) is 0 Å². The van der Waals surface area contributed by atoms with Gasteiger partial charge in [0.05, 0.1) is 12.2 Å². The first kappa shape index (κ1) is 19.2. The molecule has 4 heteroatoms. The third-order valence-corrected chi connectivity index (χ3v) is 4.13. The number of carbonyl (C=O) groups is 1. The van der Waals surface area contributed by atoms with Crippen molar-refractivity contribution in [2.45, 2.75) is 13.5 Å². The fraction of sp³-hybridized carbons (Fsp3) is 0.125. The topological polar surface area (TPSA) is 55.8 Å². The number of aliphatic carboxylic acids is 1. The predicted molar refractivity (Wildman–Crippen MR) is 110 cm³/mol. The van der Waals surface area contributed by atoms with Crippen molar-refractivity contribution < 1.29 is 19.4 Å². The molecule has 0 aliphatic heterocycles. The van der Waals surface area contributed by atoms with E-state index in [1.54, 1.807) is 24.3 Å². The van der Waals surface area contributed by atoms with Crippen LogP contribution in [0.15, 0.2) is 78.9 Å². The molecule has 0 saturated carbocycles. The first-order valence-electron chi connectivity index (χ1n) is 9.11. The molecule has 0 bridgehead atoms. The molecule has 0 saturated heterocycles. The Balaban J connectivity index is 1.88. The first-order chi connectivity index (χ1) is 13.7. The number of hydrogen-bond donors (Lipinski definition) is 1. The minimum Gasteiger partial charge on any atom is -0.490 e. The summed E-state index contributed by atoms with van der Waals surface area (Å²) in [5.41, 5.74) is 2.67. The van der Waals surface area contributed by atoms with Gasteiger partial charge >= 0.3 is 5.97 Å². The van der Waals surface area contributed by atoms with Crippen LogP contribution in [0.5, 0.6) is 11.5 Å². The third kappa shape index (κ3) is 5.01. The molecule has 0 amide bonds. The van der Waals surface area contributed by atoms with Crippen LogP contribution in [0.1, 0.15) is 23.6 Å². The number of benzene rings is 3. The van der Waals surface area contributed by atoms with Gasteiger partial charge in [-0.2, -0.15) is 0 Å². The predicted octanol–water partition coefficient (Wildman–Crippen LogP) is 5.29. The fourth-order valence-electron chi connectivity index (χ4n) is 2.79. The largest absolute Gasteiger partial charge is 0.490 e. The lowest BCUT2D eigenvalue weighted by atomic mass is 10.0. The fourth-order valence-corrected chi connectivity index (χ4v) is 2.79. The van der Waals surface area contributed by atoms with E-state index in [1.807, 2.05) is 67.6 Å². The van der Waals surface area contributed by atoms with Crippen molar-refractivity contribution in [1.29, 1.82) is 0 Å². The Hall–Kier alpha value is -3.53. The van der Waals surface area contributed by atoms with E-state index in [4.69, 9.17) is 9.47 Å². The summed E-state index contributed by atoms with van der Waals surface area (Å²) >= 11 is 0. The molecule has 1 N–H and O–H groups in total. The molecule has 0 radical (unpaired) electrons. The monoisotopic (exact) mass is 374 g/mol. The van der Waals surface area contributed by atoms with Crippen LogP contribution < -0.4 is 9.47 Å². The molecule has 28 heavy (non-hydrogen) atoms.